The molecule has 0 N–H and O–H groups in total. The van der Waals surface area contributed by atoms with Gasteiger partial charge >= 0.3 is 0 Å². The molecule has 1 rings (SSSR count). The monoisotopic (exact) mass is 174 g/mol. The summed E-state index contributed by atoms with van der Waals surface area (Å²) in [6.45, 7) is 13.3. The molecule has 0 radical (unpaired) electrons. The van der Waals surface area contributed by atoms with Crippen molar-refractivity contribution in [3.05, 3.63) is 35.4 Å². The molecule has 1 aromatic rings. The van der Waals surface area contributed by atoms with Crippen LogP contribution in [0.3, 0.4) is 0 Å². The smallest absolute Gasteiger partial charge is 0.205 e. The quantitative estimate of drug-likeness (QED) is 0.597. The Bertz CT molecular complexity index is 311. The standard InChI is InChI=1S/C11H14N2/c1-11(2,3)7-9-5-6-10(12-4)8-13-9/h5-6,8H,7H2,1-3H3. The van der Waals surface area contributed by atoms with E-state index < -0.39 is 0 Å². The van der Waals surface area contributed by atoms with Crippen LogP contribution in [0.1, 0.15) is 26.5 Å². The first kappa shape index (κ1) is 9.73. The van der Waals surface area contributed by atoms with Crippen molar-refractivity contribution in [3.63, 3.8) is 0 Å². The lowest BCUT2D eigenvalue weighted by Crippen LogP contribution is -2.09. The summed E-state index contributed by atoms with van der Waals surface area (Å²) < 4.78 is 0. The Kier molecular flexibility index (Phi) is 2.67. The Labute approximate surface area is 79.4 Å². The van der Waals surface area contributed by atoms with Crippen molar-refractivity contribution in [1.29, 1.82) is 0 Å². The Balaban J connectivity index is 2.77. The predicted molar refractivity (Wildman–Crippen MR) is 53.7 cm³/mol. The summed E-state index contributed by atoms with van der Waals surface area (Å²) in [6.07, 6.45) is 2.58. The topological polar surface area (TPSA) is 17.2 Å². The van der Waals surface area contributed by atoms with Crippen molar-refractivity contribution >= 4 is 5.69 Å². The van der Waals surface area contributed by atoms with Gasteiger partial charge in [-0.3, -0.25) is 4.98 Å². The highest BCUT2D eigenvalue weighted by molar-refractivity contribution is 5.41. The van der Waals surface area contributed by atoms with Crippen LogP contribution >= 0.6 is 0 Å². The first-order valence-electron chi connectivity index (χ1n) is 4.34. The number of aromatic nitrogens is 1. The molecule has 0 aromatic carbocycles. The van der Waals surface area contributed by atoms with Gasteiger partial charge in [-0.15, -0.1) is 0 Å². The van der Waals surface area contributed by atoms with Gasteiger partial charge in [-0.2, -0.15) is 0 Å². The molecule has 0 bridgehead atoms. The van der Waals surface area contributed by atoms with Gasteiger partial charge in [-0.25, -0.2) is 4.85 Å². The molecular weight excluding hydrogens is 160 g/mol. The molecule has 68 valence electrons. The second-order valence-corrected chi connectivity index (χ2v) is 4.36. The lowest BCUT2D eigenvalue weighted by Gasteiger charge is -2.16. The van der Waals surface area contributed by atoms with Gasteiger partial charge in [0.15, 0.2) is 0 Å². The average Bonchev–Trinajstić information content (AvgIpc) is 2.03. The van der Waals surface area contributed by atoms with E-state index in [4.69, 9.17) is 6.57 Å². The van der Waals surface area contributed by atoms with Crippen LogP contribution in [-0.2, 0) is 6.42 Å². The third-order valence-corrected chi connectivity index (χ3v) is 1.65. The summed E-state index contributed by atoms with van der Waals surface area (Å²) in [5.41, 5.74) is 1.92. The Morgan fingerprint density at radius 2 is 2.08 bits per heavy atom. The zero-order chi connectivity index (χ0) is 9.90. The van der Waals surface area contributed by atoms with Crippen molar-refractivity contribution in [2.45, 2.75) is 27.2 Å². The summed E-state index contributed by atoms with van der Waals surface area (Å²) in [4.78, 5) is 7.52. The predicted octanol–water partition coefficient (Wildman–Crippen LogP) is 3.22. The maximum Gasteiger partial charge on any atom is 0.205 e. The largest absolute Gasteiger partial charge is 0.273 e. The third kappa shape index (κ3) is 3.25. The van der Waals surface area contributed by atoms with E-state index in [1.165, 1.54) is 0 Å². The molecule has 1 heterocycles. The third-order valence-electron chi connectivity index (χ3n) is 1.65. The molecule has 2 heteroatoms. The fourth-order valence-electron chi connectivity index (χ4n) is 1.13. The molecule has 1 aromatic heterocycles. The molecule has 0 aliphatic rings. The number of rotatable bonds is 1. The van der Waals surface area contributed by atoms with E-state index in [0.717, 1.165) is 12.1 Å². The number of hydrogen-bond acceptors (Lipinski definition) is 1. The molecule has 0 saturated heterocycles. The van der Waals surface area contributed by atoms with E-state index in [9.17, 15) is 0 Å². The number of hydrogen-bond donors (Lipinski definition) is 0. The Morgan fingerprint density at radius 1 is 1.38 bits per heavy atom. The van der Waals surface area contributed by atoms with Crippen molar-refractivity contribution in [1.82, 2.24) is 4.98 Å². The lowest BCUT2D eigenvalue weighted by atomic mass is 9.90. The Hall–Kier alpha value is -1.36. The highest BCUT2D eigenvalue weighted by Gasteiger charge is 2.11. The SMILES string of the molecule is [C-]#[N+]c1ccc(CC(C)(C)C)nc1. The highest BCUT2D eigenvalue weighted by atomic mass is 14.7. The van der Waals surface area contributed by atoms with Crippen LogP contribution in [0.4, 0.5) is 5.69 Å². The molecule has 0 saturated carbocycles. The van der Waals surface area contributed by atoms with E-state index in [1.807, 2.05) is 12.1 Å². The minimum atomic E-state index is 0.257. The molecule has 13 heavy (non-hydrogen) atoms. The van der Waals surface area contributed by atoms with Gasteiger partial charge in [0.1, 0.15) is 0 Å². The maximum atomic E-state index is 6.78. The van der Waals surface area contributed by atoms with Gasteiger partial charge in [-0.05, 0) is 11.8 Å². The molecule has 0 unspecified atom stereocenters. The second kappa shape index (κ2) is 3.57. The van der Waals surface area contributed by atoms with Crippen molar-refractivity contribution < 1.29 is 0 Å². The second-order valence-electron chi connectivity index (χ2n) is 4.36. The summed E-state index contributed by atoms with van der Waals surface area (Å²) in [6, 6.07) is 3.75. The first-order chi connectivity index (χ1) is 6.01. The Morgan fingerprint density at radius 3 is 2.46 bits per heavy atom. The van der Waals surface area contributed by atoms with Gasteiger partial charge < -0.3 is 0 Å². The number of nitrogens with zero attached hydrogens (tertiary/aromatic N) is 2. The molecule has 2 nitrogen and oxygen atoms in total. The summed E-state index contributed by atoms with van der Waals surface area (Å²) >= 11 is 0. The lowest BCUT2D eigenvalue weighted by molar-refractivity contribution is 0.406. The van der Waals surface area contributed by atoms with Crippen LogP contribution in [0.2, 0.25) is 0 Å². The summed E-state index contributed by atoms with van der Waals surface area (Å²) in [5.74, 6) is 0. The van der Waals surface area contributed by atoms with E-state index in [2.05, 4.69) is 30.6 Å². The van der Waals surface area contributed by atoms with E-state index >= 15 is 0 Å². The van der Waals surface area contributed by atoms with Crippen LogP contribution in [0, 0.1) is 12.0 Å². The summed E-state index contributed by atoms with van der Waals surface area (Å²) in [5, 5.41) is 0. The molecule has 0 aliphatic heterocycles. The average molecular weight is 174 g/mol. The molecule has 0 fully saturated rings. The fraction of sp³-hybridized carbons (Fsp3) is 0.455. The first-order valence-corrected chi connectivity index (χ1v) is 4.34. The van der Waals surface area contributed by atoms with E-state index in [0.29, 0.717) is 5.69 Å². The molecule has 0 atom stereocenters. The van der Waals surface area contributed by atoms with Crippen LogP contribution < -0.4 is 0 Å². The van der Waals surface area contributed by atoms with E-state index in [-0.39, 0.29) is 5.41 Å². The van der Waals surface area contributed by atoms with Crippen LogP contribution in [-0.4, -0.2) is 4.98 Å². The summed E-state index contributed by atoms with van der Waals surface area (Å²) in [7, 11) is 0. The maximum absolute atomic E-state index is 6.78. The van der Waals surface area contributed by atoms with Crippen LogP contribution in [0.25, 0.3) is 4.85 Å². The van der Waals surface area contributed by atoms with Gasteiger partial charge in [0.2, 0.25) is 5.69 Å². The molecule has 0 spiro atoms. The molecule has 0 aliphatic carbocycles. The van der Waals surface area contributed by atoms with Gasteiger partial charge in [0, 0.05) is 11.9 Å². The van der Waals surface area contributed by atoms with Gasteiger partial charge in [0.25, 0.3) is 0 Å². The van der Waals surface area contributed by atoms with Gasteiger partial charge in [0.05, 0.1) is 6.57 Å². The normalized spacial score (nSPS) is 10.9. The molecular formula is C11H14N2. The van der Waals surface area contributed by atoms with E-state index in [1.54, 1.807) is 6.20 Å². The zero-order valence-corrected chi connectivity index (χ0v) is 8.33. The van der Waals surface area contributed by atoms with Crippen molar-refractivity contribution in [3.8, 4) is 0 Å². The zero-order valence-electron chi connectivity index (χ0n) is 8.33. The minimum Gasteiger partial charge on any atom is -0.273 e. The highest BCUT2D eigenvalue weighted by Crippen LogP contribution is 2.20. The van der Waals surface area contributed by atoms with Crippen LogP contribution in [0.15, 0.2) is 18.3 Å². The minimum absolute atomic E-state index is 0.257. The fourth-order valence-corrected chi connectivity index (χ4v) is 1.13. The van der Waals surface area contributed by atoms with Crippen LogP contribution in [0.5, 0.6) is 0 Å². The molecule has 0 amide bonds. The number of pyridine rings is 1. The van der Waals surface area contributed by atoms with Crippen molar-refractivity contribution in [2.75, 3.05) is 0 Å². The van der Waals surface area contributed by atoms with Crippen molar-refractivity contribution in [2.24, 2.45) is 5.41 Å². The van der Waals surface area contributed by atoms with Gasteiger partial charge in [-0.1, -0.05) is 32.9 Å².